The van der Waals surface area contributed by atoms with Crippen LogP contribution >= 0.6 is 0 Å². The van der Waals surface area contributed by atoms with Gasteiger partial charge in [-0.05, 0) is 49.8 Å². The molecule has 1 aromatic carbocycles. The topological polar surface area (TPSA) is 29.3 Å². The molecular formula is C16H26N2. The molecule has 2 heteroatoms. The molecule has 3 atom stereocenters. The van der Waals surface area contributed by atoms with Gasteiger partial charge in [-0.1, -0.05) is 25.1 Å². The first kappa shape index (κ1) is 13.6. The maximum absolute atomic E-state index is 6.04. The van der Waals surface area contributed by atoms with E-state index in [0.29, 0.717) is 18.6 Å². The SMILES string of the molecule is Cc1ccc(C(CN)N2CC(C)CC2C)cc1C. The van der Waals surface area contributed by atoms with Crippen LogP contribution in [0.3, 0.4) is 0 Å². The van der Waals surface area contributed by atoms with E-state index < -0.39 is 0 Å². The van der Waals surface area contributed by atoms with E-state index in [2.05, 4.69) is 50.8 Å². The van der Waals surface area contributed by atoms with Crippen molar-refractivity contribution >= 4 is 0 Å². The molecule has 0 aromatic heterocycles. The van der Waals surface area contributed by atoms with Crippen molar-refractivity contribution in [1.29, 1.82) is 0 Å². The van der Waals surface area contributed by atoms with E-state index in [1.54, 1.807) is 0 Å². The molecule has 0 aliphatic carbocycles. The quantitative estimate of drug-likeness (QED) is 0.888. The second-order valence-electron chi connectivity index (χ2n) is 5.98. The molecule has 1 heterocycles. The number of rotatable bonds is 3. The lowest BCUT2D eigenvalue weighted by Gasteiger charge is -2.31. The number of hydrogen-bond acceptors (Lipinski definition) is 2. The largest absolute Gasteiger partial charge is 0.329 e. The lowest BCUT2D eigenvalue weighted by molar-refractivity contribution is 0.192. The van der Waals surface area contributed by atoms with Gasteiger partial charge in [-0.25, -0.2) is 0 Å². The Hall–Kier alpha value is -0.860. The highest BCUT2D eigenvalue weighted by atomic mass is 15.2. The maximum Gasteiger partial charge on any atom is 0.0473 e. The minimum Gasteiger partial charge on any atom is -0.329 e. The van der Waals surface area contributed by atoms with E-state index in [-0.39, 0.29) is 0 Å². The van der Waals surface area contributed by atoms with Gasteiger partial charge in [0.2, 0.25) is 0 Å². The first-order valence-corrected chi connectivity index (χ1v) is 7.06. The van der Waals surface area contributed by atoms with Crippen molar-refractivity contribution in [3.8, 4) is 0 Å². The standard InChI is InChI=1S/C16H26N2/c1-11-7-14(4)18(10-11)16(9-17)15-6-5-12(2)13(3)8-15/h5-6,8,11,14,16H,7,9-10,17H2,1-4H3. The Balaban J connectivity index is 2.25. The third-order valence-corrected chi connectivity index (χ3v) is 4.37. The van der Waals surface area contributed by atoms with Gasteiger partial charge in [0, 0.05) is 25.2 Å². The van der Waals surface area contributed by atoms with Gasteiger partial charge in [-0.3, -0.25) is 4.90 Å². The van der Waals surface area contributed by atoms with Gasteiger partial charge in [0.1, 0.15) is 0 Å². The second-order valence-corrected chi connectivity index (χ2v) is 5.98. The van der Waals surface area contributed by atoms with Crippen molar-refractivity contribution in [3.05, 3.63) is 34.9 Å². The molecule has 2 nitrogen and oxygen atoms in total. The normalized spacial score (nSPS) is 26.5. The van der Waals surface area contributed by atoms with Crippen molar-refractivity contribution in [1.82, 2.24) is 4.90 Å². The van der Waals surface area contributed by atoms with Crippen molar-refractivity contribution in [2.75, 3.05) is 13.1 Å². The van der Waals surface area contributed by atoms with Crippen LogP contribution in [-0.4, -0.2) is 24.0 Å². The summed E-state index contributed by atoms with van der Waals surface area (Å²) in [5.74, 6) is 0.792. The Morgan fingerprint density at radius 3 is 2.50 bits per heavy atom. The Morgan fingerprint density at radius 2 is 2.00 bits per heavy atom. The summed E-state index contributed by atoms with van der Waals surface area (Å²) in [5.41, 5.74) is 10.1. The summed E-state index contributed by atoms with van der Waals surface area (Å²) in [4.78, 5) is 2.58. The van der Waals surface area contributed by atoms with Crippen LogP contribution in [0.25, 0.3) is 0 Å². The van der Waals surface area contributed by atoms with Crippen LogP contribution in [0.5, 0.6) is 0 Å². The molecule has 0 radical (unpaired) electrons. The fraction of sp³-hybridized carbons (Fsp3) is 0.625. The molecule has 1 aliphatic heterocycles. The molecule has 0 bridgehead atoms. The Bertz CT molecular complexity index is 414. The van der Waals surface area contributed by atoms with Crippen molar-refractivity contribution in [2.45, 2.75) is 46.2 Å². The Kier molecular flexibility index (Phi) is 4.08. The van der Waals surface area contributed by atoms with Gasteiger partial charge in [0.05, 0.1) is 0 Å². The van der Waals surface area contributed by atoms with Crippen LogP contribution in [0.1, 0.15) is 43.0 Å². The smallest absolute Gasteiger partial charge is 0.0473 e. The van der Waals surface area contributed by atoms with Crippen molar-refractivity contribution < 1.29 is 0 Å². The number of aryl methyl sites for hydroxylation is 2. The zero-order chi connectivity index (χ0) is 13.3. The van der Waals surface area contributed by atoms with E-state index in [1.807, 2.05) is 0 Å². The maximum atomic E-state index is 6.04. The third-order valence-electron chi connectivity index (χ3n) is 4.37. The van der Waals surface area contributed by atoms with Crippen LogP contribution < -0.4 is 5.73 Å². The second kappa shape index (κ2) is 5.41. The van der Waals surface area contributed by atoms with Crippen LogP contribution in [0.15, 0.2) is 18.2 Å². The number of nitrogens with zero attached hydrogens (tertiary/aromatic N) is 1. The number of likely N-dealkylation sites (tertiary alicyclic amines) is 1. The number of benzene rings is 1. The molecule has 2 N–H and O–H groups in total. The van der Waals surface area contributed by atoms with Crippen LogP contribution in [0, 0.1) is 19.8 Å². The van der Waals surface area contributed by atoms with Crippen LogP contribution in [-0.2, 0) is 0 Å². The molecule has 18 heavy (non-hydrogen) atoms. The molecular weight excluding hydrogens is 220 g/mol. The fourth-order valence-corrected chi connectivity index (χ4v) is 3.20. The summed E-state index contributed by atoms with van der Waals surface area (Å²) in [7, 11) is 0. The van der Waals surface area contributed by atoms with Gasteiger partial charge >= 0.3 is 0 Å². The fourth-order valence-electron chi connectivity index (χ4n) is 3.20. The summed E-state index contributed by atoms with van der Waals surface area (Å²) in [5, 5.41) is 0. The number of nitrogens with two attached hydrogens (primary N) is 1. The highest BCUT2D eigenvalue weighted by Crippen LogP contribution is 2.32. The van der Waals surface area contributed by atoms with Crippen LogP contribution in [0.2, 0.25) is 0 Å². The highest BCUT2D eigenvalue weighted by molar-refractivity contribution is 5.32. The zero-order valence-electron chi connectivity index (χ0n) is 12.1. The molecule has 1 aromatic rings. The minimum absolute atomic E-state index is 0.379. The molecule has 1 saturated heterocycles. The first-order chi connectivity index (χ1) is 8.52. The van der Waals surface area contributed by atoms with Gasteiger partial charge in [-0.15, -0.1) is 0 Å². The lowest BCUT2D eigenvalue weighted by Crippen LogP contribution is -2.36. The Labute approximate surface area is 111 Å². The van der Waals surface area contributed by atoms with E-state index in [4.69, 9.17) is 5.73 Å². The molecule has 0 amide bonds. The molecule has 3 unspecified atom stereocenters. The monoisotopic (exact) mass is 246 g/mol. The molecule has 100 valence electrons. The average Bonchev–Trinajstić information content (AvgIpc) is 2.64. The zero-order valence-corrected chi connectivity index (χ0v) is 12.1. The van der Waals surface area contributed by atoms with Crippen molar-refractivity contribution in [3.63, 3.8) is 0 Å². The number of hydrogen-bond donors (Lipinski definition) is 1. The summed E-state index contributed by atoms with van der Waals surface area (Å²) in [6.45, 7) is 10.9. The molecule has 0 saturated carbocycles. The minimum atomic E-state index is 0.379. The van der Waals surface area contributed by atoms with E-state index in [0.717, 1.165) is 5.92 Å². The summed E-state index contributed by atoms with van der Waals surface area (Å²) >= 11 is 0. The lowest BCUT2D eigenvalue weighted by atomic mass is 9.99. The summed E-state index contributed by atoms with van der Waals surface area (Å²) in [6.07, 6.45) is 1.29. The van der Waals surface area contributed by atoms with Gasteiger partial charge in [0.25, 0.3) is 0 Å². The van der Waals surface area contributed by atoms with E-state index >= 15 is 0 Å². The van der Waals surface area contributed by atoms with Crippen molar-refractivity contribution in [2.24, 2.45) is 11.7 Å². The first-order valence-electron chi connectivity index (χ1n) is 7.06. The predicted octanol–water partition coefficient (Wildman–Crippen LogP) is 3.03. The molecule has 2 rings (SSSR count). The summed E-state index contributed by atoms with van der Waals surface area (Å²) in [6, 6.07) is 7.80. The van der Waals surface area contributed by atoms with Crippen LogP contribution in [0.4, 0.5) is 0 Å². The molecule has 0 spiro atoms. The Morgan fingerprint density at radius 1 is 1.28 bits per heavy atom. The van der Waals surface area contributed by atoms with E-state index in [1.165, 1.54) is 29.7 Å². The molecule has 1 aliphatic rings. The predicted molar refractivity (Wildman–Crippen MR) is 77.7 cm³/mol. The van der Waals surface area contributed by atoms with Gasteiger partial charge < -0.3 is 5.73 Å². The molecule has 1 fully saturated rings. The summed E-state index contributed by atoms with van der Waals surface area (Å²) < 4.78 is 0. The third kappa shape index (κ3) is 2.60. The van der Waals surface area contributed by atoms with E-state index in [9.17, 15) is 0 Å². The average molecular weight is 246 g/mol. The van der Waals surface area contributed by atoms with Gasteiger partial charge in [-0.2, -0.15) is 0 Å². The van der Waals surface area contributed by atoms with Gasteiger partial charge in [0.15, 0.2) is 0 Å². The highest BCUT2D eigenvalue weighted by Gasteiger charge is 2.31.